The van der Waals surface area contributed by atoms with Crippen LogP contribution in [0.1, 0.15) is 55.9 Å². The minimum absolute atomic E-state index is 0.00204. The normalized spacial score (nSPS) is 13.7. The lowest BCUT2D eigenvalue weighted by Gasteiger charge is -2.14. The largest absolute Gasteiger partial charge is 0.386 e. The molecule has 0 radical (unpaired) electrons. The SMILES string of the molecule is CCn1nc(C)c(Cl)c1CC(O)c1csc(C(C)(C)C)n1. The molecular weight excluding hydrogens is 306 g/mol. The summed E-state index contributed by atoms with van der Waals surface area (Å²) < 4.78 is 1.85. The summed E-state index contributed by atoms with van der Waals surface area (Å²) in [5.74, 6) is 0. The predicted octanol–water partition coefficient (Wildman–Crippen LogP) is 3.89. The summed E-state index contributed by atoms with van der Waals surface area (Å²) in [7, 11) is 0. The molecule has 21 heavy (non-hydrogen) atoms. The highest BCUT2D eigenvalue weighted by atomic mass is 35.5. The molecule has 2 aromatic rings. The van der Waals surface area contributed by atoms with E-state index in [-0.39, 0.29) is 5.41 Å². The van der Waals surface area contributed by atoms with Crippen molar-refractivity contribution in [2.45, 2.75) is 59.1 Å². The average Bonchev–Trinajstić information content (AvgIpc) is 2.98. The third kappa shape index (κ3) is 3.47. The van der Waals surface area contributed by atoms with E-state index < -0.39 is 6.10 Å². The second-order valence-electron chi connectivity index (χ2n) is 6.21. The Morgan fingerprint density at radius 2 is 2.10 bits per heavy atom. The molecule has 2 aromatic heterocycles. The molecule has 2 heterocycles. The van der Waals surface area contributed by atoms with Crippen LogP contribution in [0.4, 0.5) is 0 Å². The zero-order valence-corrected chi connectivity index (χ0v) is 14.7. The summed E-state index contributed by atoms with van der Waals surface area (Å²) in [4.78, 5) is 4.57. The van der Waals surface area contributed by atoms with E-state index in [1.54, 1.807) is 11.3 Å². The van der Waals surface area contributed by atoms with E-state index in [1.165, 1.54) is 0 Å². The number of aryl methyl sites for hydroxylation is 2. The van der Waals surface area contributed by atoms with Crippen molar-refractivity contribution >= 4 is 22.9 Å². The first-order chi connectivity index (χ1) is 9.74. The van der Waals surface area contributed by atoms with Gasteiger partial charge in [0.05, 0.1) is 27.1 Å². The van der Waals surface area contributed by atoms with Gasteiger partial charge in [-0.05, 0) is 13.8 Å². The van der Waals surface area contributed by atoms with Crippen molar-refractivity contribution in [2.24, 2.45) is 0 Å². The number of aliphatic hydroxyl groups excluding tert-OH is 1. The zero-order chi connectivity index (χ0) is 15.8. The molecule has 0 spiro atoms. The third-order valence-electron chi connectivity index (χ3n) is 3.34. The fraction of sp³-hybridized carbons (Fsp3) is 0.600. The summed E-state index contributed by atoms with van der Waals surface area (Å²) >= 11 is 7.88. The molecule has 1 unspecified atom stereocenters. The Morgan fingerprint density at radius 3 is 2.62 bits per heavy atom. The lowest BCUT2D eigenvalue weighted by molar-refractivity contribution is 0.171. The van der Waals surface area contributed by atoms with Gasteiger partial charge < -0.3 is 5.11 Å². The van der Waals surface area contributed by atoms with Gasteiger partial charge in [-0.25, -0.2) is 4.98 Å². The number of rotatable bonds is 4. The second-order valence-corrected chi connectivity index (χ2v) is 7.45. The summed E-state index contributed by atoms with van der Waals surface area (Å²) in [5, 5.41) is 18.4. The summed E-state index contributed by atoms with van der Waals surface area (Å²) in [6.07, 6.45) is -0.225. The van der Waals surface area contributed by atoms with Crippen LogP contribution < -0.4 is 0 Å². The Labute approximate surface area is 134 Å². The fourth-order valence-corrected chi connectivity index (χ4v) is 3.30. The molecule has 0 saturated heterocycles. The number of hydrogen-bond donors (Lipinski definition) is 1. The maximum atomic E-state index is 10.5. The molecule has 0 aliphatic heterocycles. The van der Waals surface area contributed by atoms with E-state index in [9.17, 15) is 5.11 Å². The van der Waals surface area contributed by atoms with Gasteiger partial charge in [0.1, 0.15) is 6.10 Å². The Balaban J connectivity index is 2.22. The minimum atomic E-state index is -0.656. The highest BCUT2D eigenvalue weighted by Crippen LogP contribution is 2.30. The molecule has 6 heteroatoms. The van der Waals surface area contributed by atoms with Crippen LogP contribution in [0.3, 0.4) is 0 Å². The van der Waals surface area contributed by atoms with Crippen molar-refractivity contribution in [1.82, 2.24) is 14.8 Å². The maximum Gasteiger partial charge on any atom is 0.102 e. The number of halogens is 1. The van der Waals surface area contributed by atoms with Crippen LogP contribution in [0.5, 0.6) is 0 Å². The molecule has 0 aromatic carbocycles. The third-order valence-corrected chi connectivity index (χ3v) is 5.12. The molecule has 0 aliphatic rings. The number of aliphatic hydroxyl groups is 1. The molecule has 2 rings (SSSR count). The van der Waals surface area contributed by atoms with Crippen molar-refractivity contribution in [3.8, 4) is 0 Å². The van der Waals surface area contributed by atoms with Crippen LogP contribution in [0, 0.1) is 6.92 Å². The molecule has 0 saturated carbocycles. The lowest BCUT2D eigenvalue weighted by Crippen LogP contribution is -2.12. The molecule has 0 fully saturated rings. The van der Waals surface area contributed by atoms with Crippen LogP contribution in [0.15, 0.2) is 5.38 Å². The Morgan fingerprint density at radius 1 is 1.43 bits per heavy atom. The summed E-state index contributed by atoms with van der Waals surface area (Å²) in [6, 6.07) is 0. The van der Waals surface area contributed by atoms with Crippen LogP contribution in [0.25, 0.3) is 0 Å². The van der Waals surface area contributed by atoms with Gasteiger partial charge in [0.2, 0.25) is 0 Å². The molecule has 0 aliphatic carbocycles. The molecule has 4 nitrogen and oxygen atoms in total. The van der Waals surface area contributed by atoms with E-state index in [1.807, 2.05) is 23.9 Å². The van der Waals surface area contributed by atoms with Crippen molar-refractivity contribution in [2.75, 3.05) is 0 Å². The van der Waals surface area contributed by atoms with Gasteiger partial charge in [-0.15, -0.1) is 11.3 Å². The van der Waals surface area contributed by atoms with Crippen molar-refractivity contribution < 1.29 is 5.11 Å². The zero-order valence-electron chi connectivity index (χ0n) is 13.1. The van der Waals surface area contributed by atoms with E-state index >= 15 is 0 Å². The van der Waals surface area contributed by atoms with Crippen molar-refractivity contribution in [1.29, 1.82) is 0 Å². The van der Waals surface area contributed by atoms with Gasteiger partial charge in [-0.3, -0.25) is 4.68 Å². The first kappa shape index (κ1) is 16.5. The van der Waals surface area contributed by atoms with E-state index in [0.717, 1.165) is 22.9 Å². The molecule has 116 valence electrons. The number of thiazole rings is 1. The molecule has 1 atom stereocenters. The van der Waals surface area contributed by atoms with Crippen molar-refractivity contribution in [3.05, 3.63) is 32.5 Å². The first-order valence-corrected chi connectivity index (χ1v) is 8.35. The molecular formula is C15H22ClN3OS. The summed E-state index contributed by atoms with van der Waals surface area (Å²) in [5.41, 5.74) is 2.38. The molecule has 0 amide bonds. The average molecular weight is 328 g/mol. The smallest absolute Gasteiger partial charge is 0.102 e. The monoisotopic (exact) mass is 327 g/mol. The highest BCUT2D eigenvalue weighted by molar-refractivity contribution is 7.09. The minimum Gasteiger partial charge on any atom is -0.386 e. The van der Waals surface area contributed by atoms with Gasteiger partial charge in [0.25, 0.3) is 0 Å². The number of aromatic nitrogens is 3. The predicted molar refractivity (Wildman–Crippen MR) is 87.1 cm³/mol. The van der Waals surface area contributed by atoms with Crippen LogP contribution in [0.2, 0.25) is 5.02 Å². The second kappa shape index (κ2) is 6.07. The molecule has 1 N–H and O–H groups in total. The van der Waals surface area contributed by atoms with Gasteiger partial charge in [-0.1, -0.05) is 32.4 Å². The Kier molecular flexibility index (Phi) is 4.76. The van der Waals surface area contributed by atoms with E-state index in [0.29, 0.717) is 17.1 Å². The highest BCUT2D eigenvalue weighted by Gasteiger charge is 2.23. The van der Waals surface area contributed by atoms with Gasteiger partial charge in [0, 0.05) is 23.8 Å². The van der Waals surface area contributed by atoms with Gasteiger partial charge in [0.15, 0.2) is 0 Å². The first-order valence-electron chi connectivity index (χ1n) is 7.09. The Hall–Kier alpha value is -0.910. The Bertz CT molecular complexity index is 627. The summed E-state index contributed by atoms with van der Waals surface area (Å²) in [6.45, 7) is 11.0. The number of hydrogen-bond acceptors (Lipinski definition) is 4. The molecule has 0 bridgehead atoms. The van der Waals surface area contributed by atoms with E-state index in [4.69, 9.17) is 11.6 Å². The topological polar surface area (TPSA) is 50.9 Å². The van der Waals surface area contributed by atoms with E-state index in [2.05, 4.69) is 30.9 Å². The van der Waals surface area contributed by atoms with Gasteiger partial charge in [-0.2, -0.15) is 5.10 Å². The lowest BCUT2D eigenvalue weighted by atomic mass is 9.98. The number of nitrogens with zero attached hydrogens (tertiary/aromatic N) is 3. The maximum absolute atomic E-state index is 10.5. The van der Waals surface area contributed by atoms with Crippen molar-refractivity contribution in [3.63, 3.8) is 0 Å². The standard InChI is InChI=1S/C15H22ClN3OS/c1-6-19-11(13(16)9(2)18-19)7-12(20)10-8-21-14(17-10)15(3,4)5/h8,12,20H,6-7H2,1-5H3. The quantitative estimate of drug-likeness (QED) is 0.926. The van der Waals surface area contributed by atoms with Crippen LogP contribution in [-0.4, -0.2) is 19.9 Å². The van der Waals surface area contributed by atoms with Crippen LogP contribution >= 0.6 is 22.9 Å². The van der Waals surface area contributed by atoms with Gasteiger partial charge >= 0.3 is 0 Å². The van der Waals surface area contributed by atoms with Crippen LogP contribution in [-0.2, 0) is 18.4 Å². The fourth-order valence-electron chi connectivity index (χ4n) is 2.14.